The van der Waals surface area contributed by atoms with E-state index < -0.39 is 5.97 Å². The van der Waals surface area contributed by atoms with Crippen LogP contribution in [-0.4, -0.2) is 11.1 Å². The largest absolute Gasteiger partial charge is 0.478 e. The van der Waals surface area contributed by atoms with Crippen LogP contribution < -0.4 is 0 Å². The van der Waals surface area contributed by atoms with E-state index in [-0.39, 0.29) is 0 Å². The third kappa shape index (κ3) is 1.94. The number of carbonyl (C=O) groups is 1. The molecular weight excluding hydrogens is 188 g/mol. The molecule has 15 heavy (non-hydrogen) atoms. The van der Waals surface area contributed by atoms with Crippen molar-refractivity contribution in [3.8, 4) is 0 Å². The second kappa shape index (κ2) is 3.89. The van der Waals surface area contributed by atoms with E-state index >= 15 is 0 Å². The molecule has 2 heteroatoms. The number of hydrogen-bond donors (Lipinski definition) is 1. The Labute approximate surface area is 89.2 Å². The Kier molecular flexibility index (Phi) is 2.58. The Morgan fingerprint density at radius 1 is 1.47 bits per heavy atom. The molecule has 0 amide bonds. The van der Waals surface area contributed by atoms with Gasteiger partial charge in [0.1, 0.15) is 0 Å². The van der Waals surface area contributed by atoms with Crippen LogP contribution >= 0.6 is 0 Å². The number of allylic oxidation sites excluding steroid dienone is 1. The zero-order valence-electron chi connectivity index (χ0n) is 8.73. The van der Waals surface area contributed by atoms with Crippen LogP contribution in [0, 0.1) is 0 Å². The number of hydrogen-bond acceptors (Lipinski definition) is 1. The van der Waals surface area contributed by atoms with E-state index in [1.807, 2.05) is 18.2 Å². The predicted molar refractivity (Wildman–Crippen MR) is 59.7 cm³/mol. The molecule has 78 valence electrons. The van der Waals surface area contributed by atoms with Crippen molar-refractivity contribution in [3.63, 3.8) is 0 Å². The monoisotopic (exact) mass is 202 g/mol. The highest BCUT2D eigenvalue weighted by molar-refractivity contribution is 5.91. The molecule has 0 bridgehead atoms. The molecule has 1 aliphatic rings. The van der Waals surface area contributed by atoms with Gasteiger partial charge in [0.05, 0.1) is 0 Å². The van der Waals surface area contributed by atoms with Crippen LogP contribution in [-0.2, 0) is 4.79 Å². The van der Waals surface area contributed by atoms with Crippen molar-refractivity contribution in [1.82, 2.24) is 0 Å². The van der Waals surface area contributed by atoms with Crippen molar-refractivity contribution in [2.45, 2.75) is 25.7 Å². The standard InChI is InChI=1S/C13H14O2/c1-9-6-7-10(8-13(14)15)12-5-3-2-4-11(9)12/h2-5,8-9H,6-7H2,1H3,(H,14,15)/b10-8-. The predicted octanol–water partition coefficient (Wildman–Crippen LogP) is 3.05. The maximum atomic E-state index is 10.7. The van der Waals surface area contributed by atoms with Gasteiger partial charge in [-0.25, -0.2) is 4.79 Å². The number of benzene rings is 1. The summed E-state index contributed by atoms with van der Waals surface area (Å²) < 4.78 is 0. The van der Waals surface area contributed by atoms with E-state index in [1.165, 1.54) is 11.6 Å². The normalized spacial score (nSPS) is 22.5. The molecule has 1 aromatic carbocycles. The first-order valence-electron chi connectivity index (χ1n) is 5.21. The Hall–Kier alpha value is -1.57. The van der Waals surface area contributed by atoms with Gasteiger partial charge in [-0.15, -0.1) is 0 Å². The van der Waals surface area contributed by atoms with Crippen LogP contribution in [0.3, 0.4) is 0 Å². The van der Waals surface area contributed by atoms with Gasteiger partial charge >= 0.3 is 5.97 Å². The van der Waals surface area contributed by atoms with Gasteiger partial charge in [-0.1, -0.05) is 31.2 Å². The summed E-state index contributed by atoms with van der Waals surface area (Å²) in [6, 6.07) is 8.08. The van der Waals surface area contributed by atoms with Crippen LogP contribution in [0.4, 0.5) is 0 Å². The van der Waals surface area contributed by atoms with Gasteiger partial charge < -0.3 is 5.11 Å². The molecule has 2 nitrogen and oxygen atoms in total. The van der Waals surface area contributed by atoms with Crippen LogP contribution in [0.2, 0.25) is 0 Å². The minimum atomic E-state index is -0.852. The Morgan fingerprint density at radius 3 is 2.93 bits per heavy atom. The summed E-state index contributed by atoms with van der Waals surface area (Å²) in [7, 11) is 0. The average Bonchev–Trinajstić information content (AvgIpc) is 2.22. The van der Waals surface area contributed by atoms with Crippen molar-refractivity contribution < 1.29 is 9.90 Å². The number of carboxylic acids is 1. The fourth-order valence-electron chi connectivity index (χ4n) is 2.18. The number of aliphatic carboxylic acids is 1. The lowest BCUT2D eigenvalue weighted by Crippen LogP contribution is -2.07. The van der Waals surface area contributed by atoms with E-state index in [1.54, 1.807) is 0 Å². The van der Waals surface area contributed by atoms with Gasteiger partial charge in [0.15, 0.2) is 0 Å². The maximum absolute atomic E-state index is 10.7. The van der Waals surface area contributed by atoms with Crippen LogP contribution in [0.5, 0.6) is 0 Å². The summed E-state index contributed by atoms with van der Waals surface area (Å²) in [5.41, 5.74) is 3.34. The molecular formula is C13H14O2. The number of fused-ring (bicyclic) bond motifs is 1. The highest BCUT2D eigenvalue weighted by Crippen LogP contribution is 2.37. The molecule has 1 aromatic rings. The van der Waals surface area contributed by atoms with Crippen molar-refractivity contribution in [1.29, 1.82) is 0 Å². The lowest BCUT2D eigenvalue weighted by Gasteiger charge is -2.24. The van der Waals surface area contributed by atoms with Gasteiger partial charge in [0, 0.05) is 6.08 Å². The van der Waals surface area contributed by atoms with Crippen LogP contribution in [0.25, 0.3) is 5.57 Å². The topological polar surface area (TPSA) is 37.3 Å². The fourth-order valence-corrected chi connectivity index (χ4v) is 2.18. The molecule has 0 heterocycles. The molecule has 1 unspecified atom stereocenters. The van der Waals surface area contributed by atoms with Gasteiger partial charge in [-0.2, -0.15) is 0 Å². The first-order chi connectivity index (χ1) is 7.18. The molecule has 0 spiro atoms. The zero-order chi connectivity index (χ0) is 10.8. The van der Waals surface area contributed by atoms with E-state index in [2.05, 4.69) is 13.0 Å². The Morgan fingerprint density at radius 2 is 2.20 bits per heavy atom. The van der Waals surface area contributed by atoms with Crippen LogP contribution in [0.1, 0.15) is 36.8 Å². The second-order valence-electron chi connectivity index (χ2n) is 4.03. The van der Waals surface area contributed by atoms with E-state index in [4.69, 9.17) is 5.11 Å². The number of carboxylic acid groups (broad SMARTS) is 1. The highest BCUT2D eigenvalue weighted by Gasteiger charge is 2.19. The summed E-state index contributed by atoms with van der Waals surface area (Å²) >= 11 is 0. The summed E-state index contributed by atoms with van der Waals surface area (Å²) in [6.07, 6.45) is 3.24. The third-order valence-corrected chi connectivity index (χ3v) is 2.98. The quantitative estimate of drug-likeness (QED) is 0.710. The smallest absolute Gasteiger partial charge is 0.328 e. The van der Waals surface area contributed by atoms with E-state index in [0.717, 1.165) is 24.0 Å². The SMILES string of the molecule is CC1CC/C(=C/C(=O)O)c2ccccc21. The molecule has 1 atom stereocenters. The molecule has 0 fully saturated rings. The average molecular weight is 202 g/mol. The third-order valence-electron chi connectivity index (χ3n) is 2.98. The first kappa shape index (κ1) is 9.97. The van der Waals surface area contributed by atoms with Gasteiger partial charge in [0.25, 0.3) is 0 Å². The van der Waals surface area contributed by atoms with Crippen molar-refractivity contribution in [2.24, 2.45) is 0 Å². The van der Waals surface area contributed by atoms with Gasteiger partial charge in [0.2, 0.25) is 0 Å². The Balaban J connectivity index is 2.49. The Bertz CT molecular complexity index is 418. The molecule has 1 aliphatic carbocycles. The summed E-state index contributed by atoms with van der Waals surface area (Å²) in [5.74, 6) is -0.318. The van der Waals surface area contributed by atoms with Crippen molar-refractivity contribution in [2.75, 3.05) is 0 Å². The maximum Gasteiger partial charge on any atom is 0.328 e. The molecule has 1 N–H and O–H groups in total. The first-order valence-corrected chi connectivity index (χ1v) is 5.21. The second-order valence-corrected chi connectivity index (χ2v) is 4.03. The summed E-state index contributed by atoms with van der Waals surface area (Å²) in [5, 5.41) is 8.78. The van der Waals surface area contributed by atoms with E-state index in [0.29, 0.717) is 5.92 Å². The summed E-state index contributed by atoms with van der Waals surface area (Å²) in [6.45, 7) is 2.19. The van der Waals surface area contributed by atoms with Crippen molar-refractivity contribution in [3.05, 3.63) is 41.5 Å². The fraction of sp³-hybridized carbons (Fsp3) is 0.308. The molecule has 0 aliphatic heterocycles. The molecule has 0 radical (unpaired) electrons. The van der Waals surface area contributed by atoms with Crippen LogP contribution in [0.15, 0.2) is 30.3 Å². The minimum Gasteiger partial charge on any atom is -0.478 e. The highest BCUT2D eigenvalue weighted by atomic mass is 16.4. The summed E-state index contributed by atoms with van der Waals surface area (Å²) in [4.78, 5) is 10.7. The molecule has 2 rings (SSSR count). The van der Waals surface area contributed by atoms with Gasteiger partial charge in [-0.3, -0.25) is 0 Å². The zero-order valence-corrected chi connectivity index (χ0v) is 8.73. The lowest BCUT2D eigenvalue weighted by molar-refractivity contribution is -0.131. The number of rotatable bonds is 1. The van der Waals surface area contributed by atoms with E-state index in [9.17, 15) is 4.79 Å². The lowest BCUT2D eigenvalue weighted by atomic mass is 9.81. The minimum absolute atomic E-state index is 0.534. The van der Waals surface area contributed by atoms with Crippen molar-refractivity contribution >= 4 is 11.5 Å². The molecule has 0 saturated heterocycles. The van der Waals surface area contributed by atoms with Gasteiger partial charge in [-0.05, 0) is 35.5 Å². The molecule has 0 aromatic heterocycles. The molecule has 0 saturated carbocycles.